The van der Waals surface area contributed by atoms with Crippen molar-refractivity contribution >= 4 is 27.5 Å². The first-order valence-electron chi connectivity index (χ1n) is 8.37. The van der Waals surface area contributed by atoms with Gasteiger partial charge in [0, 0.05) is 22.4 Å². The predicted octanol–water partition coefficient (Wildman–Crippen LogP) is 5.49. The van der Waals surface area contributed by atoms with Gasteiger partial charge in [0.1, 0.15) is 5.69 Å². The molecule has 4 aromatic rings. The summed E-state index contributed by atoms with van der Waals surface area (Å²) < 4.78 is 0.815. The third-order valence-electron chi connectivity index (χ3n) is 4.70. The number of hydrogen-bond donors (Lipinski definition) is 1. The molecule has 1 heterocycles. The van der Waals surface area contributed by atoms with Crippen LogP contribution in [0.1, 0.15) is 5.56 Å². The third kappa shape index (κ3) is 2.40. The molecule has 0 saturated carbocycles. The topological polar surface area (TPSA) is 15.8 Å². The van der Waals surface area contributed by atoms with Gasteiger partial charge in [-0.1, -0.05) is 30.3 Å². The van der Waals surface area contributed by atoms with E-state index in [-0.39, 0.29) is 0 Å². The van der Waals surface area contributed by atoms with Crippen molar-refractivity contribution in [3.63, 3.8) is 0 Å². The Bertz CT molecular complexity index is 1030. The summed E-state index contributed by atoms with van der Waals surface area (Å²) in [7, 11) is 6.59. The van der Waals surface area contributed by atoms with E-state index in [0.29, 0.717) is 0 Å². The minimum absolute atomic E-state index is 0.815. The Balaban J connectivity index is 2.05. The number of quaternary nitrogens is 1. The summed E-state index contributed by atoms with van der Waals surface area (Å²) in [5.41, 5.74) is 7.54. The van der Waals surface area contributed by atoms with Crippen LogP contribution in [-0.4, -0.2) is 26.1 Å². The van der Waals surface area contributed by atoms with E-state index in [9.17, 15) is 0 Å². The molecule has 0 bridgehead atoms. The van der Waals surface area contributed by atoms with Gasteiger partial charge in [-0.05, 0) is 42.3 Å². The molecule has 2 nitrogen and oxygen atoms in total. The molecule has 0 aliphatic heterocycles. The summed E-state index contributed by atoms with van der Waals surface area (Å²) in [6.45, 7) is 2.17. The monoisotopic (exact) mass is 315 g/mol. The Labute approximate surface area is 142 Å². The molecule has 120 valence electrons. The zero-order chi connectivity index (χ0) is 16.9. The molecule has 0 amide bonds. The van der Waals surface area contributed by atoms with Crippen LogP contribution < -0.4 is 4.48 Å². The van der Waals surface area contributed by atoms with E-state index in [4.69, 9.17) is 0 Å². The standard InChI is InChI=1S/C22H23N2/c1-15-12-19(16-8-6-5-7-9-16)22-20(13-15)18-11-10-17(24(2,3)4)14-21(18)23-22/h5-14,23H,1-4H3/q+1. The number of fused-ring (bicyclic) bond motifs is 3. The fourth-order valence-electron chi connectivity index (χ4n) is 3.40. The quantitative estimate of drug-likeness (QED) is 0.471. The first kappa shape index (κ1) is 15.0. The van der Waals surface area contributed by atoms with Crippen molar-refractivity contribution in [2.45, 2.75) is 6.92 Å². The fraction of sp³-hybridized carbons (Fsp3) is 0.182. The number of benzene rings is 3. The maximum absolute atomic E-state index is 3.67. The number of aryl methyl sites for hydroxylation is 1. The first-order chi connectivity index (χ1) is 11.4. The summed E-state index contributed by atoms with van der Waals surface area (Å²) >= 11 is 0. The van der Waals surface area contributed by atoms with E-state index < -0.39 is 0 Å². The van der Waals surface area contributed by atoms with Gasteiger partial charge in [-0.2, -0.15) is 0 Å². The first-order valence-corrected chi connectivity index (χ1v) is 8.37. The highest BCUT2D eigenvalue weighted by Crippen LogP contribution is 2.35. The molecule has 0 unspecified atom stereocenters. The van der Waals surface area contributed by atoms with E-state index >= 15 is 0 Å². The summed E-state index contributed by atoms with van der Waals surface area (Å²) in [6, 6.07) is 21.9. The molecular formula is C22H23N2+. The van der Waals surface area contributed by atoms with Crippen LogP contribution in [0.2, 0.25) is 0 Å². The van der Waals surface area contributed by atoms with Crippen LogP contribution in [0.4, 0.5) is 5.69 Å². The summed E-state index contributed by atoms with van der Waals surface area (Å²) in [5.74, 6) is 0. The second-order valence-electron chi connectivity index (χ2n) is 7.47. The van der Waals surface area contributed by atoms with Crippen molar-refractivity contribution in [3.8, 4) is 11.1 Å². The molecule has 2 heteroatoms. The van der Waals surface area contributed by atoms with Crippen molar-refractivity contribution in [3.05, 3.63) is 66.2 Å². The highest BCUT2D eigenvalue weighted by molar-refractivity contribution is 6.12. The van der Waals surface area contributed by atoms with E-state index in [0.717, 1.165) is 4.48 Å². The molecule has 0 aliphatic carbocycles. The number of aromatic amines is 1. The fourth-order valence-corrected chi connectivity index (χ4v) is 3.40. The zero-order valence-corrected chi connectivity index (χ0v) is 14.7. The molecule has 0 aliphatic rings. The molecule has 3 aromatic carbocycles. The lowest BCUT2D eigenvalue weighted by atomic mass is 9.99. The van der Waals surface area contributed by atoms with Crippen LogP contribution >= 0.6 is 0 Å². The molecule has 1 N–H and O–H groups in total. The number of nitrogens with one attached hydrogen (secondary N) is 1. The number of nitrogens with zero attached hydrogens (tertiary/aromatic N) is 1. The Hall–Kier alpha value is -2.58. The molecule has 0 atom stereocenters. The Morgan fingerprint density at radius 3 is 2.25 bits per heavy atom. The smallest absolute Gasteiger partial charge is 0.134 e. The molecule has 0 radical (unpaired) electrons. The van der Waals surface area contributed by atoms with Gasteiger partial charge >= 0.3 is 0 Å². The third-order valence-corrected chi connectivity index (χ3v) is 4.70. The Morgan fingerprint density at radius 2 is 1.54 bits per heavy atom. The number of hydrogen-bond acceptors (Lipinski definition) is 0. The lowest BCUT2D eigenvalue weighted by Crippen LogP contribution is -2.34. The van der Waals surface area contributed by atoms with Gasteiger partial charge in [0.05, 0.1) is 32.2 Å². The Kier molecular flexibility index (Phi) is 3.26. The number of rotatable bonds is 2. The molecule has 4 rings (SSSR count). The summed E-state index contributed by atoms with van der Waals surface area (Å²) in [5, 5.41) is 2.60. The van der Waals surface area contributed by atoms with E-state index in [1.54, 1.807) is 0 Å². The maximum Gasteiger partial charge on any atom is 0.134 e. The highest BCUT2D eigenvalue weighted by atomic mass is 15.3. The van der Waals surface area contributed by atoms with Crippen molar-refractivity contribution in [1.29, 1.82) is 0 Å². The van der Waals surface area contributed by atoms with E-state index in [1.807, 2.05) is 0 Å². The van der Waals surface area contributed by atoms with Crippen LogP contribution in [-0.2, 0) is 0 Å². The maximum atomic E-state index is 3.67. The number of H-pyrrole nitrogens is 1. The van der Waals surface area contributed by atoms with Gasteiger partial charge in [-0.3, -0.25) is 4.48 Å². The summed E-state index contributed by atoms with van der Waals surface area (Å²) in [4.78, 5) is 3.67. The van der Waals surface area contributed by atoms with Crippen LogP contribution in [0.25, 0.3) is 32.9 Å². The largest absolute Gasteiger partial charge is 0.354 e. The van der Waals surface area contributed by atoms with Crippen LogP contribution in [0.3, 0.4) is 0 Å². The van der Waals surface area contributed by atoms with E-state index in [1.165, 1.54) is 44.2 Å². The molecule has 24 heavy (non-hydrogen) atoms. The van der Waals surface area contributed by atoms with Gasteiger partial charge in [-0.25, -0.2) is 0 Å². The minimum atomic E-state index is 0.815. The average Bonchev–Trinajstić information content (AvgIpc) is 2.92. The van der Waals surface area contributed by atoms with Crippen molar-refractivity contribution < 1.29 is 0 Å². The van der Waals surface area contributed by atoms with Crippen LogP contribution in [0.15, 0.2) is 60.7 Å². The van der Waals surface area contributed by atoms with Crippen LogP contribution in [0, 0.1) is 6.92 Å². The van der Waals surface area contributed by atoms with Gasteiger partial charge in [-0.15, -0.1) is 0 Å². The van der Waals surface area contributed by atoms with Crippen molar-refractivity contribution in [2.75, 3.05) is 21.1 Å². The zero-order valence-electron chi connectivity index (χ0n) is 14.7. The normalized spacial score (nSPS) is 12.2. The van der Waals surface area contributed by atoms with E-state index in [2.05, 4.69) is 93.7 Å². The molecule has 0 saturated heterocycles. The van der Waals surface area contributed by atoms with Crippen molar-refractivity contribution in [2.24, 2.45) is 0 Å². The molecule has 0 spiro atoms. The van der Waals surface area contributed by atoms with Gasteiger partial charge < -0.3 is 4.98 Å². The lowest BCUT2D eigenvalue weighted by Gasteiger charge is -2.23. The second-order valence-corrected chi connectivity index (χ2v) is 7.47. The minimum Gasteiger partial charge on any atom is -0.354 e. The highest BCUT2D eigenvalue weighted by Gasteiger charge is 2.16. The summed E-state index contributed by atoms with van der Waals surface area (Å²) in [6.07, 6.45) is 0. The molecular weight excluding hydrogens is 292 g/mol. The second kappa shape index (κ2) is 5.22. The van der Waals surface area contributed by atoms with Crippen LogP contribution in [0.5, 0.6) is 0 Å². The number of aromatic nitrogens is 1. The Morgan fingerprint density at radius 1 is 0.792 bits per heavy atom. The van der Waals surface area contributed by atoms with Gasteiger partial charge in [0.2, 0.25) is 0 Å². The SMILES string of the molecule is Cc1cc(-c2ccccc2)c2[nH]c3cc([N+](C)(C)C)ccc3c2c1. The van der Waals surface area contributed by atoms with Gasteiger partial charge in [0.25, 0.3) is 0 Å². The molecule has 1 aromatic heterocycles. The lowest BCUT2D eigenvalue weighted by molar-refractivity contribution is 0.487. The average molecular weight is 315 g/mol. The van der Waals surface area contributed by atoms with Crippen molar-refractivity contribution in [1.82, 2.24) is 9.47 Å². The molecule has 0 fully saturated rings. The van der Waals surface area contributed by atoms with Gasteiger partial charge in [0.15, 0.2) is 0 Å². The predicted molar refractivity (Wildman–Crippen MR) is 106 cm³/mol.